The fourth-order valence-electron chi connectivity index (χ4n) is 2.22. The average Bonchev–Trinajstić information content (AvgIpc) is 3.08. The number of aromatic nitrogens is 3. The Bertz CT molecular complexity index is 652. The number of amides is 1. The van der Waals surface area contributed by atoms with Gasteiger partial charge in [-0.1, -0.05) is 17.8 Å². The molecule has 1 saturated carbocycles. The van der Waals surface area contributed by atoms with Gasteiger partial charge in [-0.15, -0.1) is 21.5 Å². The van der Waals surface area contributed by atoms with Crippen molar-refractivity contribution in [3.05, 3.63) is 17.5 Å². The molecule has 1 N–H and O–H groups in total. The predicted molar refractivity (Wildman–Crippen MR) is 91.8 cm³/mol. The highest BCUT2D eigenvalue weighted by atomic mass is 32.2. The molecular weight excluding hydrogens is 332 g/mol. The maximum atomic E-state index is 12.1. The number of ether oxygens (including phenoxy) is 1. The molecule has 0 aliphatic heterocycles. The minimum absolute atomic E-state index is 0.00456. The molecule has 1 atom stereocenters. The largest absolute Gasteiger partial charge is 0.383 e. The highest BCUT2D eigenvalue weighted by Crippen LogP contribution is 2.42. The number of hydrogen-bond acceptors (Lipinski definition) is 6. The molecule has 0 unspecified atom stereocenters. The first-order chi connectivity index (χ1) is 11.2. The molecule has 0 aromatic carbocycles. The van der Waals surface area contributed by atoms with Crippen molar-refractivity contribution >= 4 is 29.0 Å². The third-order valence-electron chi connectivity index (χ3n) is 3.57. The van der Waals surface area contributed by atoms with Crippen LogP contribution in [0, 0.1) is 0 Å². The molecule has 0 spiro atoms. The lowest BCUT2D eigenvalue weighted by Crippen LogP contribution is -2.33. The topological polar surface area (TPSA) is 69.0 Å². The van der Waals surface area contributed by atoms with Crippen LogP contribution < -0.4 is 5.32 Å². The Morgan fingerprint density at radius 1 is 1.57 bits per heavy atom. The van der Waals surface area contributed by atoms with E-state index in [4.69, 9.17) is 4.74 Å². The first-order valence-electron chi connectivity index (χ1n) is 7.62. The van der Waals surface area contributed by atoms with Crippen LogP contribution in [-0.2, 0) is 9.53 Å². The molecule has 0 radical (unpaired) electrons. The number of thiophene rings is 1. The smallest absolute Gasteiger partial charge is 0.233 e. The second kappa shape index (κ2) is 7.46. The van der Waals surface area contributed by atoms with Gasteiger partial charge in [-0.25, -0.2) is 0 Å². The zero-order valence-corrected chi connectivity index (χ0v) is 14.8. The zero-order valence-electron chi connectivity index (χ0n) is 13.2. The Morgan fingerprint density at radius 3 is 3.04 bits per heavy atom. The Hall–Kier alpha value is -1.38. The van der Waals surface area contributed by atoms with Crippen molar-refractivity contribution in [3.63, 3.8) is 0 Å². The standard InChI is InChI=1S/C15H20N4O2S2/c1-10(14(20)16-7-8-21-2)23-15-18-17-13(12-4-3-9-22-12)19(15)11-5-6-11/h3-4,9-11H,5-8H2,1-2H3,(H,16,20)/t10-/m1/s1. The SMILES string of the molecule is COCCNC(=O)[C@@H](C)Sc1nnc(-c2cccs2)n1C1CC1. The highest BCUT2D eigenvalue weighted by Gasteiger charge is 2.31. The van der Waals surface area contributed by atoms with Crippen LogP contribution in [0.2, 0.25) is 0 Å². The maximum Gasteiger partial charge on any atom is 0.233 e. The van der Waals surface area contributed by atoms with Crippen LogP contribution in [0.5, 0.6) is 0 Å². The van der Waals surface area contributed by atoms with Crippen molar-refractivity contribution < 1.29 is 9.53 Å². The molecule has 8 heteroatoms. The average molecular weight is 352 g/mol. The van der Waals surface area contributed by atoms with Gasteiger partial charge in [0.25, 0.3) is 0 Å². The number of carbonyl (C=O) groups is 1. The third kappa shape index (κ3) is 3.94. The van der Waals surface area contributed by atoms with Gasteiger partial charge in [0.05, 0.1) is 16.7 Å². The van der Waals surface area contributed by atoms with Gasteiger partial charge >= 0.3 is 0 Å². The van der Waals surface area contributed by atoms with Gasteiger partial charge in [0.15, 0.2) is 11.0 Å². The van der Waals surface area contributed by atoms with Gasteiger partial charge in [0, 0.05) is 19.7 Å². The van der Waals surface area contributed by atoms with Crippen molar-refractivity contribution in [2.24, 2.45) is 0 Å². The zero-order chi connectivity index (χ0) is 16.2. The van der Waals surface area contributed by atoms with Gasteiger partial charge in [-0.05, 0) is 31.2 Å². The van der Waals surface area contributed by atoms with E-state index in [9.17, 15) is 4.79 Å². The number of hydrogen-bond donors (Lipinski definition) is 1. The summed E-state index contributed by atoms with van der Waals surface area (Å²) in [6.45, 7) is 2.93. The number of nitrogens with one attached hydrogen (secondary N) is 1. The Balaban J connectivity index is 1.72. The van der Waals surface area contributed by atoms with Crippen LogP contribution in [-0.4, -0.2) is 46.2 Å². The second-order valence-electron chi connectivity index (χ2n) is 5.43. The van der Waals surface area contributed by atoms with E-state index in [0.717, 1.165) is 28.7 Å². The number of nitrogens with zero attached hydrogens (tertiary/aromatic N) is 3. The molecule has 1 aliphatic carbocycles. The van der Waals surface area contributed by atoms with Gasteiger partial charge in [0.2, 0.25) is 5.91 Å². The molecule has 1 fully saturated rings. The maximum absolute atomic E-state index is 12.1. The van der Waals surface area contributed by atoms with Crippen LogP contribution in [0.3, 0.4) is 0 Å². The Kier molecular flexibility index (Phi) is 5.34. The third-order valence-corrected chi connectivity index (χ3v) is 5.50. The lowest BCUT2D eigenvalue weighted by molar-refractivity contribution is -0.120. The monoisotopic (exact) mass is 352 g/mol. The van der Waals surface area contributed by atoms with Gasteiger partial charge in [0.1, 0.15) is 0 Å². The molecule has 2 heterocycles. The van der Waals surface area contributed by atoms with E-state index in [0.29, 0.717) is 19.2 Å². The summed E-state index contributed by atoms with van der Waals surface area (Å²) in [5.74, 6) is 0.909. The van der Waals surface area contributed by atoms with Crippen LogP contribution >= 0.6 is 23.1 Å². The number of thioether (sulfide) groups is 1. The molecule has 2 aromatic heterocycles. The molecule has 6 nitrogen and oxygen atoms in total. The van der Waals surface area contributed by atoms with Crippen molar-refractivity contribution in [1.29, 1.82) is 0 Å². The Morgan fingerprint density at radius 2 is 2.39 bits per heavy atom. The number of carbonyl (C=O) groups excluding carboxylic acids is 1. The van der Waals surface area contributed by atoms with E-state index in [1.807, 2.05) is 18.4 Å². The Labute approximate surface area is 143 Å². The minimum atomic E-state index is -0.218. The molecular formula is C15H20N4O2S2. The summed E-state index contributed by atoms with van der Waals surface area (Å²) in [7, 11) is 1.62. The number of rotatable bonds is 8. The van der Waals surface area contributed by atoms with Crippen molar-refractivity contribution in [3.8, 4) is 10.7 Å². The molecule has 23 heavy (non-hydrogen) atoms. The van der Waals surface area contributed by atoms with Crippen LogP contribution in [0.25, 0.3) is 10.7 Å². The fourth-order valence-corrected chi connectivity index (χ4v) is 3.87. The lowest BCUT2D eigenvalue weighted by atomic mass is 10.4. The minimum Gasteiger partial charge on any atom is -0.383 e. The summed E-state index contributed by atoms with van der Waals surface area (Å²) in [6, 6.07) is 4.54. The first-order valence-corrected chi connectivity index (χ1v) is 9.38. The summed E-state index contributed by atoms with van der Waals surface area (Å²) in [5, 5.41) is 14.2. The fraction of sp³-hybridized carbons (Fsp3) is 0.533. The van der Waals surface area contributed by atoms with Gasteiger partial charge in [-0.2, -0.15) is 0 Å². The van der Waals surface area contributed by atoms with E-state index in [1.54, 1.807) is 18.4 Å². The summed E-state index contributed by atoms with van der Waals surface area (Å²) in [4.78, 5) is 13.2. The highest BCUT2D eigenvalue weighted by molar-refractivity contribution is 8.00. The van der Waals surface area contributed by atoms with Crippen molar-refractivity contribution in [2.45, 2.75) is 36.2 Å². The van der Waals surface area contributed by atoms with Crippen LogP contribution in [0.15, 0.2) is 22.7 Å². The predicted octanol–water partition coefficient (Wildman–Crippen LogP) is 2.58. The second-order valence-corrected chi connectivity index (χ2v) is 7.68. The van der Waals surface area contributed by atoms with Gasteiger partial charge < -0.3 is 10.1 Å². The number of methoxy groups -OCH3 is 1. The van der Waals surface area contributed by atoms with E-state index < -0.39 is 0 Å². The molecule has 0 bridgehead atoms. The molecule has 3 rings (SSSR count). The lowest BCUT2D eigenvalue weighted by Gasteiger charge is -2.12. The summed E-state index contributed by atoms with van der Waals surface area (Å²) >= 11 is 3.13. The first kappa shape index (κ1) is 16.5. The van der Waals surface area contributed by atoms with Crippen molar-refractivity contribution in [1.82, 2.24) is 20.1 Å². The van der Waals surface area contributed by atoms with E-state index in [1.165, 1.54) is 11.8 Å². The normalized spacial score (nSPS) is 15.6. The molecule has 2 aromatic rings. The molecule has 0 saturated heterocycles. The summed E-state index contributed by atoms with van der Waals surface area (Å²) < 4.78 is 7.14. The van der Waals surface area contributed by atoms with Crippen molar-refractivity contribution in [2.75, 3.05) is 20.3 Å². The molecule has 1 amide bonds. The van der Waals surface area contributed by atoms with E-state index in [-0.39, 0.29) is 11.2 Å². The van der Waals surface area contributed by atoms with E-state index >= 15 is 0 Å². The summed E-state index contributed by atoms with van der Waals surface area (Å²) in [6.07, 6.45) is 2.30. The summed E-state index contributed by atoms with van der Waals surface area (Å²) in [5.41, 5.74) is 0. The van der Waals surface area contributed by atoms with Crippen LogP contribution in [0.1, 0.15) is 25.8 Å². The molecule has 1 aliphatic rings. The van der Waals surface area contributed by atoms with Gasteiger partial charge in [-0.3, -0.25) is 9.36 Å². The van der Waals surface area contributed by atoms with Crippen LogP contribution in [0.4, 0.5) is 0 Å². The quantitative estimate of drug-likeness (QED) is 0.584. The van der Waals surface area contributed by atoms with E-state index in [2.05, 4.69) is 26.1 Å². The molecule has 124 valence electrons.